The molecular weight excluding hydrogens is 332 g/mol. The van der Waals surface area contributed by atoms with Gasteiger partial charge in [-0.1, -0.05) is 24.3 Å². The lowest BCUT2D eigenvalue weighted by Gasteiger charge is -2.18. The summed E-state index contributed by atoms with van der Waals surface area (Å²) in [5.41, 5.74) is 2.14. The number of phenolic OH excluding ortho intramolecular Hbond substituents is 2. The highest BCUT2D eigenvalue weighted by Gasteiger charge is 2.12. The predicted molar refractivity (Wildman–Crippen MR) is 100 cm³/mol. The van der Waals surface area contributed by atoms with Gasteiger partial charge in [-0.25, -0.2) is 0 Å². The molecule has 0 saturated heterocycles. The Bertz CT molecular complexity index is 748. The van der Waals surface area contributed by atoms with E-state index in [0.717, 1.165) is 5.56 Å². The van der Waals surface area contributed by atoms with Crippen LogP contribution < -0.4 is 10.6 Å². The molecule has 0 aliphatic heterocycles. The molecule has 140 valence electrons. The van der Waals surface area contributed by atoms with Crippen molar-refractivity contribution in [2.45, 2.75) is 32.4 Å². The Balaban J connectivity index is 1.73. The van der Waals surface area contributed by atoms with Crippen molar-refractivity contribution in [2.75, 3.05) is 13.1 Å². The minimum Gasteiger partial charge on any atom is -0.504 e. The number of phenols is 2. The zero-order valence-electron chi connectivity index (χ0n) is 15.1. The number of rotatable bonds is 8. The quantitative estimate of drug-likeness (QED) is 0.466. The van der Waals surface area contributed by atoms with Crippen molar-refractivity contribution in [1.29, 1.82) is 0 Å². The molecule has 2 rings (SSSR count). The lowest BCUT2D eigenvalue weighted by molar-refractivity contribution is 0.0951. The number of hydrogen-bond donors (Lipinski definition) is 5. The minimum atomic E-state index is -0.800. The lowest BCUT2D eigenvalue weighted by atomic mass is 10.1. The van der Waals surface area contributed by atoms with Crippen molar-refractivity contribution in [3.05, 3.63) is 59.2 Å². The number of benzene rings is 2. The van der Waals surface area contributed by atoms with Gasteiger partial charge in [0, 0.05) is 24.7 Å². The summed E-state index contributed by atoms with van der Waals surface area (Å²) in [7, 11) is 0. The standard InChI is InChI=1S/C20H26N2O4/c1-13-5-3-4-6-16(13)20(26)21-10-9-14(2)22-12-19(25)15-7-8-17(23)18(24)11-15/h3-8,11,14,19,22-25H,9-10,12H2,1-2H3,(H,21,26). The van der Waals surface area contributed by atoms with E-state index in [2.05, 4.69) is 10.6 Å². The number of carbonyl (C=O) groups excluding carboxylic acids is 1. The van der Waals surface area contributed by atoms with E-state index in [4.69, 9.17) is 0 Å². The first-order valence-electron chi connectivity index (χ1n) is 8.65. The van der Waals surface area contributed by atoms with Crippen molar-refractivity contribution in [3.63, 3.8) is 0 Å². The van der Waals surface area contributed by atoms with E-state index in [9.17, 15) is 20.1 Å². The van der Waals surface area contributed by atoms with Crippen LogP contribution in [0.25, 0.3) is 0 Å². The van der Waals surface area contributed by atoms with Gasteiger partial charge in [0.15, 0.2) is 11.5 Å². The van der Waals surface area contributed by atoms with Crippen molar-refractivity contribution in [2.24, 2.45) is 0 Å². The number of aryl methyl sites for hydroxylation is 1. The summed E-state index contributed by atoms with van der Waals surface area (Å²) in [6, 6.07) is 11.8. The van der Waals surface area contributed by atoms with Gasteiger partial charge in [-0.05, 0) is 49.6 Å². The third-order valence-electron chi connectivity index (χ3n) is 4.30. The number of aromatic hydroxyl groups is 2. The number of amides is 1. The summed E-state index contributed by atoms with van der Waals surface area (Å²) in [6.07, 6.45) is -0.0870. The zero-order chi connectivity index (χ0) is 19.1. The minimum absolute atomic E-state index is 0.0881. The van der Waals surface area contributed by atoms with Crippen molar-refractivity contribution >= 4 is 5.91 Å². The molecule has 0 aliphatic carbocycles. The average Bonchev–Trinajstić information content (AvgIpc) is 2.62. The third kappa shape index (κ3) is 5.47. The van der Waals surface area contributed by atoms with Gasteiger partial charge in [-0.2, -0.15) is 0 Å². The van der Waals surface area contributed by atoms with Crippen LogP contribution in [-0.4, -0.2) is 40.4 Å². The van der Waals surface area contributed by atoms with Crippen molar-refractivity contribution in [3.8, 4) is 11.5 Å². The number of aliphatic hydroxyl groups excluding tert-OH is 1. The number of nitrogens with one attached hydrogen (secondary N) is 2. The second-order valence-electron chi connectivity index (χ2n) is 6.43. The normalized spacial score (nSPS) is 13.2. The summed E-state index contributed by atoms with van der Waals surface area (Å²) in [4.78, 5) is 12.1. The largest absolute Gasteiger partial charge is 0.504 e. The number of hydrogen-bond acceptors (Lipinski definition) is 5. The molecule has 0 heterocycles. The Morgan fingerprint density at radius 3 is 2.54 bits per heavy atom. The monoisotopic (exact) mass is 358 g/mol. The van der Waals surface area contributed by atoms with E-state index < -0.39 is 6.10 Å². The SMILES string of the molecule is Cc1ccccc1C(=O)NCCC(C)NCC(O)c1ccc(O)c(O)c1. The van der Waals surface area contributed by atoms with Gasteiger partial charge >= 0.3 is 0 Å². The Morgan fingerprint density at radius 1 is 1.12 bits per heavy atom. The molecule has 0 saturated carbocycles. The van der Waals surface area contributed by atoms with Crippen LogP contribution in [0.4, 0.5) is 0 Å². The van der Waals surface area contributed by atoms with Gasteiger partial charge in [-0.3, -0.25) is 4.79 Å². The molecule has 2 aromatic rings. The second kappa shape index (κ2) is 9.22. The molecular formula is C20H26N2O4. The fourth-order valence-electron chi connectivity index (χ4n) is 2.61. The maximum absolute atomic E-state index is 12.1. The molecule has 2 atom stereocenters. The van der Waals surface area contributed by atoms with Gasteiger partial charge in [-0.15, -0.1) is 0 Å². The molecule has 5 N–H and O–H groups in total. The van der Waals surface area contributed by atoms with E-state index in [1.165, 1.54) is 12.1 Å². The highest BCUT2D eigenvalue weighted by Crippen LogP contribution is 2.27. The van der Waals surface area contributed by atoms with Crippen LogP contribution in [0.15, 0.2) is 42.5 Å². The summed E-state index contributed by atoms with van der Waals surface area (Å²) in [5.74, 6) is -0.560. The van der Waals surface area contributed by atoms with Gasteiger partial charge < -0.3 is 26.0 Å². The highest BCUT2D eigenvalue weighted by molar-refractivity contribution is 5.95. The molecule has 6 nitrogen and oxygen atoms in total. The topological polar surface area (TPSA) is 102 Å². The Kier molecular flexibility index (Phi) is 7.00. The first-order valence-corrected chi connectivity index (χ1v) is 8.65. The van der Waals surface area contributed by atoms with Gasteiger partial charge in [0.2, 0.25) is 0 Å². The molecule has 26 heavy (non-hydrogen) atoms. The summed E-state index contributed by atoms with van der Waals surface area (Å²) in [5, 5.41) is 35.0. The van der Waals surface area contributed by atoms with Gasteiger partial charge in [0.25, 0.3) is 5.91 Å². The Hall–Kier alpha value is -2.57. The fourth-order valence-corrected chi connectivity index (χ4v) is 2.61. The zero-order valence-corrected chi connectivity index (χ0v) is 15.1. The van der Waals surface area contributed by atoms with E-state index >= 15 is 0 Å². The molecule has 0 radical (unpaired) electrons. The Labute approximate surface area is 153 Å². The molecule has 1 amide bonds. The van der Waals surface area contributed by atoms with Crippen LogP contribution >= 0.6 is 0 Å². The van der Waals surface area contributed by atoms with Gasteiger partial charge in [0.1, 0.15) is 0 Å². The van der Waals surface area contributed by atoms with Crippen molar-refractivity contribution in [1.82, 2.24) is 10.6 Å². The van der Waals surface area contributed by atoms with Crippen LogP contribution in [0, 0.1) is 6.92 Å². The van der Waals surface area contributed by atoms with E-state index in [1.807, 2.05) is 32.0 Å². The smallest absolute Gasteiger partial charge is 0.251 e. The summed E-state index contributed by atoms with van der Waals surface area (Å²) >= 11 is 0. The van der Waals surface area contributed by atoms with Crippen LogP contribution in [0.2, 0.25) is 0 Å². The van der Waals surface area contributed by atoms with E-state index in [1.54, 1.807) is 12.1 Å². The predicted octanol–water partition coefficient (Wildman–Crippen LogP) is 2.24. The summed E-state index contributed by atoms with van der Waals surface area (Å²) < 4.78 is 0. The molecule has 2 aromatic carbocycles. The maximum atomic E-state index is 12.1. The third-order valence-corrected chi connectivity index (χ3v) is 4.30. The first kappa shape index (κ1) is 19.8. The van der Waals surface area contributed by atoms with Gasteiger partial charge in [0.05, 0.1) is 6.10 Å². The van der Waals surface area contributed by atoms with Crippen LogP contribution in [0.3, 0.4) is 0 Å². The molecule has 2 unspecified atom stereocenters. The first-order chi connectivity index (χ1) is 12.4. The van der Waals surface area contributed by atoms with Crippen molar-refractivity contribution < 1.29 is 20.1 Å². The molecule has 0 fully saturated rings. The van der Waals surface area contributed by atoms with Crippen LogP contribution in [0.1, 0.15) is 40.9 Å². The molecule has 0 aromatic heterocycles. The maximum Gasteiger partial charge on any atom is 0.251 e. The molecule has 0 bridgehead atoms. The van der Waals surface area contributed by atoms with Crippen LogP contribution in [-0.2, 0) is 0 Å². The molecule has 0 aliphatic rings. The number of aliphatic hydroxyl groups is 1. The highest BCUT2D eigenvalue weighted by atomic mass is 16.3. The fraction of sp³-hybridized carbons (Fsp3) is 0.350. The van der Waals surface area contributed by atoms with E-state index in [-0.39, 0.29) is 23.4 Å². The van der Waals surface area contributed by atoms with E-state index in [0.29, 0.717) is 30.6 Å². The van der Waals surface area contributed by atoms with Crippen LogP contribution in [0.5, 0.6) is 11.5 Å². The molecule has 6 heteroatoms. The lowest BCUT2D eigenvalue weighted by Crippen LogP contribution is -2.34. The number of carbonyl (C=O) groups is 1. The Morgan fingerprint density at radius 2 is 1.85 bits per heavy atom. The summed E-state index contributed by atoms with van der Waals surface area (Å²) in [6.45, 7) is 4.71. The molecule has 0 spiro atoms. The second-order valence-corrected chi connectivity index (χ2v) is 6.43. The average molecular weight is 358 g/mol.